The Kier molecular flexibility index (Phi) is 6.68. The van der Waals surface area contributed by atoms with E-state index in [9.17, 15) is 18.0 Å². The van der Waals surface area contributed by atoms with Crippen molar-refractivity contribution in [1.29, 1.82) is 0 Å². The van der Waals surface area contributed by atoms with Crippen molar-refractivity contribution in [2.75, 3.05) is 13.2 Å². The van der Waals surface area contributed by atoms with E-state index in [1.807, 2.05) is 18.2 Å². The molecule has 1 N–H and O–H groups in total. The van der Waals surface area contributed by atoms with Gasteiger partial charge in [0, 0.05) is 6.54 Å². The molecular formula is C18H18F3NO3. The summed E-state index contributed by atoms with van der Waals surface area (Å²) in [7, 11) is 0. The van der Waals surface area contributed by atoms with Gasteiger partial charge in [0.2, 0.25) is 5.91 Å². The van der Waals surface area contributed by atoms with Crippen LogP contribution in [0.4, 0.5) is 13.2 Å². The van der Waals surface area contributed by atoms with E-state index in [0.29, 0.717) is 5.75 Å². The molecule has 7 heteroatoms. The van der Waals surface area contributed by atoms with Gasteiger partial charge in [-0.25, -0.2) is 0 Å². The predicted octanol–water partition coefficient (Wildman–Crippen LogP) is 3.71. The number of amides is 1. The molecule has 0 heterocycles. The van der Waals surface area contributed by atoms with Gasteiger partial charge < -0.3 is 14.8 Å². The molecule has 0 fully saturated rings. The third-order valence-electron chi connectivity index (χ3n) is 3.16. The molecule has 0 bridgehead atoms. The minimum atomic E-state index is -4.37. The molecule has 0 aromatic heterocycles. The van der Waals surface area contributed by atoms with Crippen molar-refractivity contribution in [2.45, 2.75) is 19.1 Å². The maximum absolute atomic E-state index is 12.1. The first-order valence-corrected chi connectivity index (χ1v) is 7.65. The lowest BCUT2D eigenvalue weighted by molar-refractivity contribution is -0.153. The number of carbonyl (C=O) groups excluding carboxylic acids is 1. The maximum atomic E-state index is 12.1. The third kappa shape index (κ3) is 7.60. The van der Waals surface area contributed by atoms with Crippen molar-refractivity contribution in [3.8, 4) is 11.5 Å². The minimum Gasteiger partial charge on any atom is -0.493 e. The van der Waals surface area contributed by atoms with E-state index in [4.69, 9.17) is 4.74 Å². The monoisotopic (exact) mass is 353 g/mol. The van der Waals surface area contributed by atoms with E-state index in [1.165, 1.54) is 12.1 Å². The van der Waals surface area contributed by atoms with Gasteiger partial charge in [0.15, 0.2) is 6.61 Å². The summed E-state index contributed by atoms with van der Waals surface area (Å²) in [6, 6.07) is 15.3. The molecule has 0 aliphatic heterocycles. The zero-order chi connectivity index (χ0) is 18.1. The lowest BCUT2D eigenvalue weighted by Crippen LogP contribution is -2.24. The Hall–Kier alpha value is -2.70. The molecule has 4 nitrogen and oxygen atoms in total. The van der Waals surface area contributed by atoms with E-state index in [2.05, 4.69) is 10.1 Å². The molecule has 0 unspecified atom stereocenters. The standard InChI is InChI=1S/C18H18F3NO3/c19-18(20,21)13-25-16-8-6-14(7-9-16)12-22-17(23)10-11-24-15-4-2-1-3-5-15/h1-9H,10-13H2,(H,22,23). The van der Waals surface area contributed by atoms with Crippen molar-refractivity contribution in [3.05, 3.63) is 60.2 Å². The molecule has 2 aromatic rings. The Morgan fingerprint density at radius 2 is 1.56 bits per heavy atom. The van der Waals surface area contributed by atoms with Crippen molar-refractivity contribution in [1.82, 2.24) is 5.32 Å². The SMILES string of the molecule is O=C(CCOc1ccccc1)NCc1ccc(OCC(F)(F)F)cc1. The average molecular weight is 353 g/mol. The second kappa shape index (κ2) is 8.96. The van der Waals surface area contributed by atoms with Crippen LogP contribution in [0, 0.1) is 0 Å². The maximum Gasteiger partial charge on any atom is 0.422 e. The molecule has 0 saturated carbocycles. The molecule has 25 heavy (non-hydrogen) atoms. The zero-order valence-corrected chi connectivity index (χ0v) is 13.4. The number of ether oxygens (including phenoxy) is 2. The lowest BCUT2D eigenvalue weighted by Gasteiger charge is -2.10. The fourth-order valence-electron chi connectivity index (χ4n) is 1.94. The molecule has 0 aliphatic rings. The van der Waals surface area contributed by atoms with Gasteiger partial charge in [0.1, 0.15) is 11.5 Å². The van der Waals surface area contributed by atoms with Crippen LogP contribution in [0.15, 0.2) is 54.6 Å². The highest BCUT2D eigenvalue weighted by Gasteiger charge is 2.28. The first-order valence-electron chi connectivity index (χ1n) is 7.65. The van der Waals surface area contributed by atoms with Gasteiger partial charge in [-0.05, 0) is 29.8 Å². The largest absolute Gasteiger partial charge is 0.493 e. The summed E-state index contributed by atoms with van der Waals surface area (Å²) in [6.07, 6.45) is -4.16. The Balaban J connectivity index is 1.67. The molecule has 2 aromatic carbocycles. The number of carbonyl (C=O) groups is 1. The fraction of sp³-hybridized carbons (Fsp3) is 0.278. The number of hydrogen-bond donors (Lipinski definition) is 1. The molecule has 0 atom stereocenters. The van der Waals surface area contributed by atoms with Crippen LogP contribution in [0.25, 0.3) is 0 Å². The molecule has 2 rings (SSSR count). The smallest absolute Gasteiger partial charge is 0.422 e. The topological polar surface area (TPSA) is 47.6 Å². The molecule has 0 spiro atoms. The van der Waals surface area contributed by atoms with E-state index < -0.39 is 12.8 Å². The van der Waals surface area contributed by atoms with Crippen molar-refractivity contribution in [2.24, 2.45) is 0 Å². The summed E-state index contributed by atoms with van der Waals surface area (Å²) in [4.78, 5) is 11.7. The lowest BCUT2D eigenvalue weighted by atomic mass is 10.2. The van der Waals surface area contributed by atoms with Gasteiger partial charge in [0.25, 0.3) is 0 Å². The van der Waals surface area contributed by atoms with Crippen LogP contribution in [0.3, 0.4) is 0 Å². The Morgan fingerprint density at radius 3 is 2.20 bits per heavy atom. The van der Waals surface area contributed by atoms with Gasteiger partial charge in [-0.1, -0.05) is 30.3 Å². The third-order valence-corrected chi connectivity index (χ3v) is 3.16. The highest BCUT2D eigenvalue weighted by atomic mass is 19.4. The predicted molar refractivity (Wildman–Crippen MR) is 86.4 cm³/mol. The quantitative estimate of drug-likeness (QED) is 0.787. The van der Waals surface area contributed by atoms with Gasteiger partial charge in [-0.2, -0.15) is 13.2 Å². The van der Waals surface area contributed by atoms with E-state index in [1.54, 1.807) is 24.3 Å². The van der Waals surface area contributed by atoms with Gasteiger partial charge in [-0.15, -0.1) is 0 Å². The van der Waals surface area contributed by atoms with E-state index >= 15 is 0 Å². The number of halogens is 3. The van der Waals surface area contributed by atoms with Crippen LogP contribution in [0.2, 0.25) is 0 Å². The zero-order valence-electron chi connectivity index (χ0n) is 13.4. The van der Waals surface area contributed by atoms with Gasteiger partial charge in [-0.3, -0.25) is 4.79 Å². The average Bonchev–Trinajstić information content (AvgIpc) is 2.59. The molecule has 0 radical (unpaired) electrons. The van der Waals surface area contributed by atoms with Crippen molar-refractivity contribution < 1.29 is 27.4 Å². The van der Waals surface area contributed by atoms with Gasteiger partial charge in [0.05, 0.1) is 13.0 Å². The van der Waals surface area contributed by atoms with Crippen LogP contribution in [0.5, 0.6) is 11.5 Å². The van der Waals surface area contributed by atoms with Crippen molar-refractivity contribution >= 4 is 5.91 Å². The fourth-order valence-corrected chi connectivity index (χ4v) is 1.94. The van der Waals surface area contributed by atoms with Crippen LogP contribution in [-0.4, -0.2) is 25.3 Å². The summed E-state index contributed by atoms with van der Waals surface area (Å²) in [6.45, 7) is -0.783. The Morgan fingerprint density at radius 1 is 0.920 bits per heavy atom. The summed E-state index contributed by atoms with van der Waals surface area (Å²) in [5.41, 5.74) is 0.761. The summed E-state index contributed by atoms with van der Waals surface area (Å²) in [5, 5.41) is 2.72. The number of nitrogens with one attached hydrogen (secondary N) is 1. The normalized spacial score (nSPS) is 11.0. The van der Waals surface area contributed by atoms with Crippen LogP contribution < -0.4 is 14.8 Å². The second-order valence-electron chi connectivity index (χ2n) is 5.24. The molecule has 1 amide bonds. The van der Waals surface area contributed by atoms with Crippen molar-refractivity contribution in [3.63, 3.8) is 0 Å². The molecule has 134 valence electrons. The van der Waals surface area contributed by atoms with Crippen LogP contribution >= 0.6 is 0 Å². The number of benzene rings is 2. The summed E-state index contributed by atoms with van der Waals surface area (Å²) in [5.74, 6) is 0.654. The number of hydrogen-bond acceptors (Lipinski definition) is 3. The highest BCUT2D eigenvalue weighted by Crippen LogP contribution is 2.18. The first kappa shape index (κ1) is 18.6. The van der Waals surface area contributed by atoms with Crippen LogP contribution in [0.1, 0.15) is 12.0 Å². The Labute approximate surface area is 143 Å². The number of para-hydroxylation sites is 1. The number of rotatable bonds is 8. The minimum absolute atomic E-state index is 0.128. The van der Waals surface area contributed by atoms with E-state index in [-0.39, 0.29) is 31.2 Å². The first-order chi connectivity index (χ1) is 11.9. The highest BCUT2D eigenvalue weighted by molar-refractivity contribution is 5.76. The van der Waals surface area contributed by atoms with E-state index in [0.717, 1.165) is 5.56 Å². The Bertz CT molecular complexity index is 658. The molecule has 0 saturated heterocycles. The molecular weight excluding hydrogens is 335 g/mol. The summed E-state index contributed by atoms with van der Waals surface area (Å²) < 4.78 is 46.2. The van der Waals surface area contributed by atoms with Crippen LogP contribution in [-0.2, 0) is 11.3 Å². The van der Waals surface area contributed by atoms with Gasteiger partial charge >= 0.3 is 6.18 Å². The molecule has 0 aliphatic carbocycles. The summed E-state index contributed by atoms with van der Waals surface area (Å²) >= 11 is 0. The second-order valence-corrected chi connectivity index (χ2v) is 5.24. The number of alkyl halides is 3.